The second kappa shape index (κ2) is 8.09. The van der Waals surface area contributed by atoms with Crippen molar-refractivity contribution in [2.45, 2.75) is 25.9 Å². The molecule has 4 N–H and O–H groups in total. The number of hydrogen-bond donors (Lipinski definition) is 3. The molecule has 0 bridgehead atoms. The third-order valence-electron chi connectivity index (χ3n) is 3.65. The Morgan fingerprint density at radius 2 is 1.95 bits per heavy atom. The van der Waals surface area contributed by atoms with E-state index in [9.17, 15) is 5.11 Å². The van der Waals surface area contributed by atoms with E-state index in [1.54, 1.807) is 14.2 Å². The van der Waals surface area contributed by atoms with Gasteiger partial charge in [-0.05, 0) is 18.9 Å². The summed E-state index contributed by atoms with van der Waals surface area (Å²) in [4.78, 5) is 0. The zero-order valence-corrected chi connectivity index (χ0v) is 12.7. The number of hydrogen-bond acceptors (Lipinski definition) is 5. The van der Waals surface area contributed by atoms with Crippen LogP contribution < -0.4 is 20.5 Å². The molecular formula is C15H26N2O3. The van der Waals surface area contributed by atoms with Crippen LogP contribution in [0.15, 0.2) is 18.2 Å². The van der Waals surface area contributed by atoms with Gasteiger partial charge in [0.2, 0.25) is 0 Å². The van der Waals surface area contributed by atoms with Crippen molar-refractivity contribution in [3.63, 3.8) is 0 Å². The zero-order valence-electron chi connectivity index (χ0n) is 12.7. The molecule has 0 aliphatic heterocycles. The molecule has 0 aliphatic carbocycles. The minimum atomic E-state index is -0.0518. The van der Waals surface area contributed by atoms with Crippen molar-refractivity contribution in [2.24, 2.45) is 11.7 Å². The molecule has 0 saturated carbocycles. The summed E-state index contributed by atoms with van der Waals surface area (Å²) in [5.74, 6) is 1.54. The number of aliphatic hydroxyl groups is 1. The number of ether oxygens (including phenoxy) is 2. The van der Waals surface area contributed by atoms with E-state index in [-0.39, 0.29) is 24.6 Å². The average Bonchev–Trinajstić information content (AvgIpc) is 2.50. The molecule has 3 atom stereocenters. The van der Waals surface area contributed by atoms with Gasteiger partial charge in [-0.2, -0.15) is 0 Å². The molecule has 0 saturated heterocycles. The maximum absolute atomic E-state index is 9.23. The monoisotopic (exact) mass is 282 g/mol. The van der Waals surface area contributed by atoms with Gasteiger partial charge in [-0.1, -0.05) is 19.1 Å². The summed E-state index contributed by atoms with van der Waals surface area (Å²) in [5.41, 5.74) is 6.85. The van der Waals surface area contributed by atoms with Gasteiger partial charge in [-0.15, -0.1) is 0 Å². The highest BCUT2D eigenvalue weighted by atomic mass is 16.5. The molecule has 1 aromatic carbocycles. The van der Waals surface area contributed by atoms with Crippen LogP contribution in [0.4, 0.5) is 0 Å². The lowest BCUT2D eigenvalue weighted by molar-refractivity contribution is 0.200. The van der Waals surface area contributed by atoms with E-state index in [1.807, 2.05) is 32.0 Å². The molecule has 3 unspecified atom stereocenters. The lowest BCUT2D eigenvalue weighted by Crippen LogP contribution is -2.39. The van der Waals surface area contributed by atoms with E-state index in [4.69, 9.17) is 15.2 Å². The summed E-state index contributed by atoms with van der Waals surface area (Å²) in [6, 6.07) is 5.84. The molecule has 1 aromatic rings. The summed E-state index contributed by atoms with van der Waals surface area (Å²) in [7, 11) is 3.23. The fourth-order valence-electron chi connectivity index (χ4n) is 2.11. The summed E-state index contributed by atoms with van der Waals surface area (Å²) in [6.07, 6.45) is 0. The van der Waals surface area contributed by atoms with Gasteiger partial charge < -0.3 is 25.6 Å². The van der Waals surface area contributed by atoms with E-state index in [0.717, 1.165) is 5.56 Å². The van der Waals surface area contributed by atoms with Crippen molar-refractivity contribution >= 4 is 0 Å². The van der Waals surface area contributed by atoms with Crippen molar-refractivity contribution in [1.29, 1.82) is 0 Å². The Morgan fingerprint density at radius 1 is 1.25 bits per heavy atom. The summed E-state index contributed by atoms with van der Waals surface area (Å²) >= 11 is 0. The molecule has 0 spiro atoms. The normalized spacial score (nSPS) is 15.5. The van der Waals surface area contributed by atoms with Crippen LogP contribution in [-0.4, -0.2) is 38.5 Å². The first-order chi connectivity index (χ1) is 9.58. The third-order valence-corrected chi connectivity index (χ3v) is 3.65. The minimum absolute atomic E-state index is 0.0518. The number of benzene rings is 1. The Bertz CT molecular complexity index is 412. The Kier molecular flexibility index (Phi) is 6.78. The highest BCUT2D eigenvalue weighted by molar-refractivity contribution is 5.48. The van der Waals surface area contributed by atoms with Crippen LogP contribution in [0.1, 0.15) is 25.5 Å². The van der Waals surface area contributed by atoms with Gasteiger partial charge in [-0.3, -0.25) is 0 Å². The standard InChI is InChI=1S/C15H26N2O3/c1-10(9-18)11(2)17-13(8-16)12-6-5-7-14(19-3)15(12)20-4/h5-7,10-11,13,17-18H,8-9,16H2,1-4H3. The van der Waals surface area contributed by atoms with Gasteiger partial charge >= 0.3 is 0 Å². The summed E-state index contributed by atoms with van der Waals surface area (Å²) in [6.45, 7) is 4.61. The summed E-state index contributed by atoms with van der Waals surface area (Å²) in [5, 5.41) is 12.7. The molecule has 5 heteroatoms. The number of nitrogens with one attached hydrogen (secondary N) is 1. The highest BCUT2D eigenvalue weighted by Gasteiger charge is 2.21. The van der Waals surface area contributed by atoms with Crippen molar-refractivity contribution in [3.8, 4) is 11.5 Å². The molecule has 1 rings (SSSR count). The van der Waals surface area contributed by atoms with E-state index >= 15 is 0 Å². The quantitative estimate of drug-likeness (QED) is 0.670. The fraction of sp³-hybridized carbons (Fsp3) is 0.600. The molecule has 114 valence electrons. The third kappa shape index (κ3) is 3.85. The van der Waals surface area contributed by atoms with Gasteiger partial charge in [0.15, 0.2) is 11.5 Å². The van der Waals surface area contributed by atoms with Crippen LogP contribution in [0.3, 0.4) is 0 Å². The second-order valence-corrected chi connectivity index (χ2v) is 4.99. The van der Waals surface area contributed by atoms with Crippen LogP contribution in [-0.2, 0) is 0 Å². The number of aliphatic hydroxyl groups excluding tert-OH is 1. The number of methoxy groups -OCH3 is 2. The van der Waals surface area contributed by atoms with E-state index in [0.29, 0.717) is 18.0 Å². The lowest BCUT2D eigenvalue weighted by atomic mass is 10.00. The summed E-state index contributed by atoms with van der Waals surface area (Å²) < 4.78 is 10.8. The Hall–Kier alpha value is -1.30. The molecule has 20 heavy (non-hydrogen) atoms. The Balaban J connectivity index is 3.00. The van der Waals surface area contributed by atoms with Crippen LogP contribution in [0, 0.1) is 5.92 Å². The van der Waals surface area contributed by atoms with E-state index in [2.05, 4.69) is 5.32 Å². The maximum Gasteiger partial charge on any atom is 0.165 e. The SMILES string of the molecule is COc1cccc(C(CN)NC(C)C(C)CO)c1OC. The smallest absolute Gasteiger partial charge is 0.165 e. The average molecular weight is 282 g/mol. The molecule has 0 fully saturated rings. The molecule has 0 heterocycles. The second-order valence-electron chi connectivity index (χ2n) is 4.99. The number of rotatable bonds is 8. The predicted molar refractivity (Wildman–Crippen MR) is 80.2 cm³/mol. The van der Waals surface area contributed by atoms with Gasteiger partial charge in [0.05, 0.1) is 14.2 Å². The first-order valence-corrected chi connectivity index (χ1v) is 6.86. The van der Waals surface area contributed by atoms with Crippen LogP contribution in [0.5, 0.6) is 11.5 Å². The maximum atomic E-state index is 9.23. The first-order valence-electron chi connectivity index (χ1n) is 6.86. The molecule has 5 nitrogen and oxygen atoms in total. The van der Waals surface area contributed by atoms with Gasteiger partial charge in [0, 0.05) is 30.8 Å². The van der Waals surface area contributed by atoms with Crippen LogP contribution >= 0.6 is 0 Å². The fourth-order valence-corrected chi connectivity index (χ4v) is 2.11. The molecule has 0 aliphatic rings. The van der Waals surface area contributed by atoms with Crippen LogP contribution in [0.25, 0.3) is 0 Å². The van der Waals surface area contributed by atoms with Gasteiger partial charge in [0.1, 0.15) is 0 Å². The molecular weight excluding hydrogens is 256 g/mol. The molecule has 0 amide bonds. The van der Waals surface area contributed by atoms with Crippen molar-refractivity contribution in [3.05, 3.63) is 23.8 Å². The largest absolute Gasteiger partial charge is 0.493 e. The van der Waals surface area contributed by atoms with E-state index < -0.39 is 0 Å². The van der Waals surface area contributed by atoms with E-state index in [1.165, 1.54) is 0 Å². The number of nitrogens with two attached hydrogens (primary N) is 1. The van der Waals surface area contributed by atoms with Crippen molar-refractivity contribution in [1.82, 2.24) is 5.32 Å². The van der Waals surface area contributed by atoms with Gasteiger partial charge in [0.25, 0.3) is 0 Å². The highest BCUT2D eigenvalue weighted by Crippen LogP contribution is 2.34. The zero-order chi connectivity index (χ0) is 15.1. The Morgan fingerprint density at radius 3 is 2.45 bits per heavy atom. The topological polar surface area (TPSA) is 76.7 Å². The predicted octanol–water partition coefficient (Wildman–Crippen LogP) is 1.31. The number of para-hydroxylation sites is 1. The molecule has 0 aromatic heterocycles. The van der Waals surface area contributed by atoms with Gasteiger partial charge in [-0.25, -0.2) is 0 Å². The molecule has 0 radical (unpaired) electrons. The minimum Gasteiger partial charge on any atom is -0.493 e. The lowest BCUT2D eigenvalue weighted by Gasteiger charge is -2.27. The van der Waals surface area contributed by atoms with Crippen LogP contribution in [0.2, 0.25) is 0 Å². The first kappa shape index (κ1) is 16.8. The van der Waals surface area contributed by atoms with Crippen molar-refractivity contribution in [2.75, 3.05) is 27.4 Å². The van der Waals surface area contributed by atoms with Crippen molar-refractivity contribution < 1.29 is 14.6 Å². The Labute approximate surface area is 121 Å².